The Morgan fingerprint density at radius 2 is 1.64 bits per heavy atom. The molecule has 0 heterocycles. The molecule has 0 aliphatic carbocycles. The van der Waals surface area contributed by atoms with Gasteiger partial charge in [-0.25, -0.2) is 9.59 Å². The highest BCUT2D eigenvalue weighted by atomic mass is 16.5. The summed E-state index contributed by atoms with van der Waals surface area (Å²) < 4.78 is 14.9. The van der Waals surface area contributed by atoms with Gasteiger partial charge < -0.3 is 19.3 Å². The van der Waals surface area contributed by atoms with E-state index in [1.54, 1.807) is 24.3 Å². The van der Waals surface area contributed by atoms with E-state index in [4.69, 9.17) is 4.74 Å². The van der Waals surface area contributed by atoms with E-state index in [0.29, 0.717) is 0 Å². The number of hydrogen-bond donors (Lipinski definition) is 1. The molecule has 0 atom stereocenters. The minimum absolute atomic E-state index is 0.132. The van der Waals surface area contributed by atoms with E-state index in [9.17, 15) is 14.7 Å². The van der Waals surface area contributed by atoms with Gasteiger partial charge >= 0.3 is 11.9 Å². The summed E-state index contributed by atoms with van der Waals surface area (Å²) in [4.78, 5) is 23.2. The number of ether oxygens (including phenoxy) is 3. The van der Waals surface area contributed by atoms with Gasteiger partial charge in [0.05, 0.1) is 19.8 Å². The van der Waals surface area contributed by atoms with Crippen molar-refractivity contribution in [1.82, 2.24) is 0 Å². The van der Waals surface area contributed by atoms with Crippen molar-refractivity contribution in [2.75, 3.05) is 14.2 Å². The summed E-state index contributed by atoms with van der Waals surface area (Å²) in [7, 11) is 2.50. The van der Waals surface area contributed by atoms with Gasteiger partial charge in [0.1, 0.15) is 22.8 Å². The SMILES string of the molecule is COC(=O)c1cc(O)cc(Oc2ccccc2C(=O)OC)c1. The van der Waals surface area contributed by atoms with Crippen LogP contribution in [-0.4, -0.2) is 31.3 Å². The molecule has 114 valence electrons. The third-order valence-electron chi connectivity index (χ3n) is 2.83. The number of benzene rings is 2. The zero-order valence-corrected chi connectivity index (χ0v) is 12.0. The first-order valence-corrected chi connectivity index (χ1v) is 6.32. The standard InChI is InChI=1S/C16H14O6/c1-20-15(18)10-7-11(17)9-12(8-10)22-14-6-4-3-5-13(14)16(19)21-2/h3-9,17H,1-2H3. The van der Waals surface area contributed by atoms with Crippen LogP contribution in [0.2, 0.25) is 0 Å². The van der Waals surface area contributed by atoms with Crippen LogP contribution in [0.25, 0.3) is 0 Å². The smallest absolute Gasteiger partial charge is 0.341 e. The molecule has 1 N–H and O–H groups in total. The summed E-state index contributed by atoms with van der Waals surface area (Å²) in [5, 5.41) is 9.66. The Morgan fingerprint density at radius 1 is 0.955 bits per heavy atom. The molecule has 0 aliphatic rings. The molecule has 2 rings (SSSR count). The number of methoxy groups -OCH3 is 2. The van der Waals surface area contributed by atoms with E-state index < -0.39 is 11.9 Å². The van der Waals surface area contributed by atoms with Gasteiger partial charge in [-0.3, -0.25) is 0 Å². The van der Waals surface area contributed by atoms with Crippen LogP contribution in [0, 0.1) is 0 Å². The number of phenolic OH excluding ortho intramolecular Hbond substituents is 1. The summed E-state index contributed by atoms with van der Waals surface area (Å²) in [6.45, 7) is 0. The van der Waals surface area contributed by atoms with Crippen LogP contribution in [0.3, 0.4) is 0 Å². The Hall–Kier alpha value is -3.02. The first-order valence-electron chi connectivity index (χ1n) is 6.32. The van der Waals surface area contributed by atoms with E-state index in [-0.39, 0.29) is 28.4 Å². The number of rotatable bonds is 4. The van der Waals surface area contributed by atoms with Crippen LogP contribution in [0.1, 0.15) is 20.7 Å². The van der Waals surface area contributed by atoms with E-state index in [2.05, 4.69) is 9.47 Å². The fourth-order valence-corrected chi connectivity index (χ4v) is 1.84. The quantitative estimate of drug-likeness (QED) is 0.874. The van der Waals surface area contributed by atoms with Gasteiger partial charge in [-0.1, -0.05) is 12.1 Å². The highest BCUT2D eigenvalue weighted by Gasteiger charge is 2.15. The highest BCUT2D eigenvalue weighted by Crippen LogP contribution is 2.29. The van der Waals surface area contributed by atoms with Crippen molar-refractivity contribution in [3.8, 4) is 17.2 Å². The van der Waals surface area contributed by atoms with Gasteiger partial charge in [0.2, 0.25) is 0 Å². The molecule has 0 saturated carbocycles. The van der Waals surface area contributed by atoms with Crippen molar-refractivity contribution in [3.63, 3.8) is 0 Å². The molecule has 0 saturated heterocycles. The molecule has 0 aliphatic heterocycles. The molecule has 22 heavy (non-hydrogen) atoms. The molecule has 6 nitrogen and oxygen atoms in total. The predicted molar refractivity (Wildman–Crippen MR) is 77.3 cm³/mol. The summed E-state index contributed by atoms with van der Waals surface area (Å²) in [6, 6.07) is 10.5. The van der Waals surface area contributed by atoms with Crippen molar-refractivity contribution in [1.29, 1.82) is 0 Å². The van der Waals surface area contributed by atoms with Crippen LogP contribution >= 0.6 is 0 Å². The minimum atomic E-state index is -0.609. The van der Waals surface area contributed by atoms with Gasteiger partial charge in [-0.2, -0.15) is 0 Å². The second kappa shape index (κ2) is 6.62. The first kappa shape index (κ1) is 15.4. The molecule has 0 bridgehead atoms. The largest absolute Gasteiger partial charge is 0.508 e. The molecule has 2 aromatic rings. The highest BCUT2D eigenvalue weighted by molar-refractivity contribution is 5.92. The Balaban J connectivity index is 2.37. The van der Waals surface area contributed by atoms with Crippen LogP contribution < -0.4 is 4.74 Å². The zero-order valence-electron chi connectivity index (χ0n) is 12.0. The van der Waals surface area contributed by atoms with E-state index in [1.807, 2.05) is 0 Å². The monoisotopic (exact) mass is 302 g/mol. The third kappa shape index (κ3) is 3.35. The molecule has 6 heteroatoms. The fourth-order valence-electron chi connectivity index (χ4n) is 1.84. The number of carbonyl (C=O) groups is 2. The second-order valence-corrected chi connectivity index (χ2v) is 4.30. The van der Waals surface area contributed by atoms with Crippen molar-refractivity contribution in [2.24, 2.45) is 0 Å². The lowest BCUT2D eigenvalue weighted by molar-refractivity contribution is 0.0588. The Kier molecular flexibility index (Phi) is 4.63. The Bertz CT molecular complexity index is 708. The second-order valence-electron chi connectivity index (χ2n) is 4.30. The lowest BCUT2D eigenvalue weighted by Crippen LogP contribution is -2.04. The molecule has 0 aromatic heterocycles. The summed E-state index contributed by atoms with van der Waals surface area (Å²) in [5.41, 5.74) is 0.362. The van der Waals surface area contributed by atoms with Gasteiger partial charge in [-0.15, -0.1) is 0 Å². The maximum Gasteiger partial charge on any atom is 0.341 e. The molecule has 0 spiro atoms. The predicted octanol–water partition coefficient (Wildman–Crippen LogP) is 2.76. The van der Waals surface area contributed by atoms with Gasteiger partial charge in [0, 0.05) is 6.07 Å². The number of carbonyl (C=O) groups excluding carboxylic acids is 2. The van der Waals surface area contributed by atoms with E-state index in [1.165, 1.54) is 32.4 Å². The summed E-state index contributed by atoms with van der Waals surface area (Å²) in [5.74, 6) is -0.882. The van der Waals surface area contributed by atoms with Crippen LogP contribution in [0.4, 0.5) is 0 Å². The number of esters is 2. The molecule has 0 unspecified atom stereocenters. The topological polar surface area (TPSA) is 82.1 Å². The Morgan fingerprint density at radius 3 is 2.32 bits per heavy atom. The number of para-hydroxylation sites is 1. The number of phenols is 1. The molecule has 0 amide bonds. The normalized spacial score (nSPS) is 9.91. The van der Waals surface area contributed by atoms with Crippen LogP contribution in [0.5, 0.6) is 17.2 Å². The lowest BCUT2D eigenvalue weighted by Gasteiger charge is -2.11. The van der Waals surface area contributed by atoms with Crippen LogP contribution in [0.15, 0.2) is 42.5 Å². The molecule has 2 aromatic carbocycles. The average Bonchev–Trinajstić information content (AvgIpc) is 2.53. The first-order chi connectivity index (χ1) is 10.5. The molecule has 0 fully saturated rings. The fraction of sp³-hybridized carbons (Fsp3) is 0.125. The van der Waals surface area contributed by atoms with E-state index in [0.717, 1.165) is 0 Å². The minimum Gasteiger partial charge on any atom is -0.508 e. The summed E-state index contributed by atoms with van der Waals surface area (Å²) >= 11 is 0. The maximum atomic E-state index is 11.7. The number of hydrogen-bond acceptors (Lipinski definition) is 6. The summed E-state index contributed by atoms with van der Waals surface area (Å²) in [6.07, 6.45) is 0. The Labute approximate surface area is 126 Å². The lowest BCUT2D eigenvalue weighted by atomic mass is 10.2. The maximum absolute atomic E-state index is 11.7. The van der Waals surface area contributed by atoms with Crippen molar-refractivity contribution < 1.29 is 28.9 Å². The molecular formula is C16H14O6. The van der Waals surface area contributed by atoms with Crippen molar-refractivity contribution in [2.45, 2.75) is 0 Å². The van der Waals surface area contributed by atoms with Gasteiger partial charge in [-0.05, 0) is 24.3 Å². The number of aromatic hydroxyl groups is 1. The van der Waals surface area contributed by atoms with Crippen LogP contribution in [-0.2, 0) is 9.47 Å². The van der Waals surface area contributed by atoms with Gasteiger partial charge in [0.25, 0.3) is 0 Å². The average molecular weight is 302 g/mol. The van der Waals surface area contributed by atoms with E-state index >= 15 is 0 Å². The molecule has 0 radical (unpaired) electrons. The zero-order chi connectivity index (χ0) is 16.1. The third-order valence-corrected chi connectivity index (χ3v) is 2.83. The van der Waals surface area contributed by atoms with Gasteiger partial charge in [0.15, 0.2) is 0 Å². The molecular weight excluding hydrogens is 288 g/mol. The van der Waals surface area contributed by atoms with Crippen molar-refractivity contribution in [3.05, 3.63) is 53.6 Å². The van der Waals surface area contributed by atoms with Crippen molar-refractivity contribution >= 4 is 11.9 Å².